The number of hydrogen-bond donors (Lipinski definition) is 4. The molecule has 0 bridgehead atoms. The van der Waals surface area contributed by atoms with Crippen LogP contribution in [0, 0.1) is 0 Å². The van der Waals surface area contributed by atoms with Crippen LogP contribution in [-0.2, 0) is 21.1 Å². The van der Waals surface area contributed by atoms with E-state index in [-0.39, 0.29) is 17.5 Å². The van der Waals surface area contributed by atoms with Gasteiger partial charge in [0.1, 0.15) is 11.8 Å². The Balaban J connectivity index is 1.72. The molecule has 190 valence electrons. The van der Waals surface area contributed by atoms with Crippen LogP contribution in [0.4, 0.5) is 0 Å². The number of aliphatic carboxylic acids is 1. The SMILES string of the molecule is COc1ccccc1-c1ccc(CC(NC(c2ccccc2)(c2ccccc2)P(=O)(O)O)C(=O)O)cc1. The van der Waals surface area contributed by atoms with Crippen LogP contribution in [0.3, 0.4) is 0 Å². The van der Waals surface area contributed by atoms with Gasteiger partial charge in [-0.1, -0.05) is 103 Å². The normalized spacial score (nSPS) is 12.6. The Labute approximate surface area is 215 Å². The number of nitrogens with one attached hydrogen (secondary N) is 1. The number of carbonyl (C=O) groups is 1. The maximum Gasteiger partial charge on any atom is 0.354 e. The summed E-state index contributed by atoms with van der Waals surface area (Å²) >= 11 is 0. The van der Waals surface area contributed by atoms with Crippen LogP contribution in [0.1, 0.15) is 16.7 Å². The molecule has 0 fully saturated rings. The van der Waals surface area contributed by atoms with E-state index in [0.717, 1.165) is 16.9 Å². The first-order chi connectivity index (χ1) is 17.8. The third-order valence-electron chi connectivity index (χ3n) is 6.31. The van der Waals surface area contributed by atoms with Gasteiger partial charge in [-0.3, -0.25) is 14.7 Å². The summed E-state index contributed by atoms with van der Waals surface area (Å²) in [6, 6.07) is 30.1. The van der Waals surface area contributed by atoms with Crippen molar-refractivity contribution in [1.82, 2.24) is 5.32 Å². The molecule has 4 rings (SSSR count). The largest absolute Gasteiger partial charge is 0.496 e. The molecule has 7 nitrogen and oxygen atoms in total. The van der Waals surface area contributed by atoms with E-state index in [0.29, 0.717) is 5.56 Å². The fourth-order valence-electron chi connectivity index (χ4n) is 4.50. The quantitative estimate of drug-likeness (QED) is 0.218. The summed E-state index contributed by atoms with van der Waals surface area (Å²) in [5.41, 5.74) is 3.04. The van der Waals surface area contributed by atoms with Gasteiger partial charge in [-0.2, -0.15) is 0 Å². The molecule has 4 aromatic carbocycles. The van der Waals surface area contributed by atoms with Crippen LogP contribution in [0.5, 0.6) is 5.75 Å². The van der Waals surface area contributed by atoms with Crippen LogP contribution >= 0.6 is 7.60 Å². The van der Waals surface area contributed by atoms with Gasteiger partial charge < -0.3 is 19.6 Å². The van der Waals surface area contributed by atoms with Gasteiger partial charge in [-0.25, -0.2) is 0 Å². The summed E-state index contributed by atoms with van der Waals surface area (Å²) in [5, 5.41) is 10.9. The predicted molar refractivity (Wildman–Crippen MR) is 142 cm³/mol. The predicted octanol–water partition coefficient (Wildman–Crippen LogP) is 5.03. The second kappa shape index (κ2) is 11.1. The maximum absolute atomic E-state index is 13.2. The van der Waals surface area contributed by atoms with Gasteiger partial charge in [-0.15, -0.1) is 0 Å². The van der Waals surface area contributed by atoms with Gasteiger partial charge in [0, 0.05) is 5.56 Å². The molecule has 4 N–H and O–H groups in total. The molecule has 0 aromatic heterocycles. The third-order valence-corrected chi connectivity index (χ3v) is 7.83. The van der Waals surface area contributed by atoms with Crippen molar-refractivity contribution in [2.45, 2.75) is 17.7 Å². The molecule has 0 aliphatic heterocycles. The lowest BCUT2D eigenvalue weighted by molar-refractivity contribution is -0.139. The van der Waals surface area contributed by atoms with E-state index in [1.54, 1.807) is 67.8 Å². The Kier molecular flexibility index (Phi) is 7.91. The lowest BCUT2D eigenvalue weighted by Gasteiger charge is -2.38. The maximum atomic E-state index is 13.2. The summed E-state index contributed by atoms with van der Waals surface area (Å²) < 4.78 is 18.6. The lowest BCUT2D eigenvalue weighted by Crippen LogP contribution is -2.52. The molecule has 37 heavy (non-hydrogen) atoms. The summed E-state index contributed by atoms with van der Waals surface area (Å²) in [4.78, 5) is 33.8. The number of hydrogen-bond acceptors (Lipinski definition) is 4. The fourth-order valence-corrected chi connectivity index (χ4v) is 5.80. The minimum absolute atomic E-state index is 0.00293. The molecular formula is C29H28NO6P. The van der Waals surface area contributed by atoms with Gasteiger partial charge in [0.2, 0.25) is 0 Å². The number of benzene rings is 4. The van der Waals surface area contributed by atoms with E-state index in [2.05, 4.69) is 5.32 Å². The minimum Gasteiger partial charge on any atom is -0.496 e. The molecule has 1 atom stereocenters. The van der Waals surface area contributed by atoms with E-state index in [1.165, 1.54) is 0 Å². The smallest absolute Gasteiger partial charge is 0.354 e. The van der Waals surface area contributed by atoms with Gasteiger partial charge in [0.05, 0.1) is 7.11 Å². The van der Waals surface area contributed by atoms with Crippen LogP contribution in [0.2, 0.25) is 0 Å². The Morgan fingerprint density at radius 1 is 0.838 bits per heavy atom. The van der Waals surface area contributed by atoms with Crippen molar-refractivity contribution in [3.8, 4) is 16.9 Å². The molecule has 0 heterocycles. The lowest BCUT2D eigenvalue weighted by atomic mass is 9.95. The van der Waals surface area contributed by atoms with Crippen molar-refractivity contribution in [1.29, 1.82) is 0 Å². The van der Waals surface area contributed by atoms with Gasteiger partial charge >= 0.3 is 13.6 Å². The molecule has 0 aliphatic rings. The van der Waals surface area contributed by atoms with Crippen LogP contribution in [0.15, 0.2) is 109 Å². The van der Waals surface area contributed by atoms with E-state index >= 15 is 0 Å². The van der Waals surface area contributed by atoms with E-state index < -0.39 is 24.9 Å². The van der Waals surface area contributed by atoms with Crippen LogP contribution < -0.4 is 10.1 Å². The summed E-state index contributed by atoms with van der Waals surface area (Å²) in [5.74, 6) is -0.504. The van der Waals surface area contributed by atoms with Crippen molar-refractivity contribution < 1.29 is 29.0 Å². The number of methoxy groups -OCH3 is 1. The van der Waals surface area contributed by atoms with Crippen molar-refractivity contribution in [3.05, 3.63) is 126 Å². The molecule has 0 radical (unpaired) electrons. The van der Waals surface area contributed by atoms with Gasteiger partial charge in [-0.05, 0) is 34.7 Å². The Morgan fingerprint density at radius 3 is 1.84 bits per heavy atom. The van der Waals surface area contributed by atoms with Crippen molar-refractivity contribution >= 4 is 13.6 Å². The Hall–Kier alpha value is -3.74. The zero-order valence-corrected chi connectivity index (χ0v) is 21.1. The van der Waals surface area contributed by atoms with E-state index in [9.17, 15) is 24.3 Å². The van der Waals surface area contributed by atoms with Crippen molar-refractivity contribution in [3.63, 3.8) is 0 Å². The summed E-state index contributed by atoms with van der Waals surface area (Å²) in [6.45, 7) is 0. The number of ether oxygens (including phenoxy) is 1. The van der Waals surface area contributed by atoms with Crippen molar-refractivity contribution in [2.75, 3.05) is 7.11 Å². The van der Waals surface area contributed by atoms with Crippen LogP contribution in [-0.4, -0.2) is 34.0 Å². The second-order valence-electron chi connectivity index (χ2n) is 8.62. The van der Waals surface area contributed by atoms with Crippen molar-refractivity contribution in [2.24, 2.45) is 0 Å². The van der Waals surface area contributed by atoms with Crippen LogP contribution in [0.25, 0.3) is 11.1 Å². The highest BCUT2D eigenvalue weighted by Crippen LogP contribution is 2.59. The topological polar surface area (TPSA) is 116 Å². The highest BCUT2D eigenvalue weighted by Gasteiger charge is 2.52. The highest BCUT2D eigenvalue weighted by atomic mass is 31.2. The first-order valence-corrected chi connectivity index (χ1v) is 13.3. The Bertz CT molecular complexity index is 1350. The number of rotatable bonds is 10. The average Bonchev–Trinajstić information content (AvgIpc) is 2.91. The monoisotopic (exact) mass is 517 g/mol. The molecule has 0 aliphatic carbocycles. The summed E-state index contributed by atoms with van der Waals surface area (Å²) in [7, 11) is -3.39. The molecular weight excluding hydrogens is 489 g/mol. The zero-order valence-electron chi connectivity index (χ0n) is 20.2. The third kappa shape index (κ3) is 5.50. The molecule has 0 saturated carbocycles. The standard InChI is InChI=1S/C29H28NO6P/c1-36-27-15-9-8-14-25(27)22-18-16-21(17-19-22)20-26(28(31)32)30-29(37(33,34)35,23-10-4-2-5-11-23)24-12-6-3-7-13-24/h2-19,26,30H,20H2,1H3,(H,31,32)(H2,33,34,35). The number of carboxylic acid groups (broad SMARTS) is 1. The molecule has 1 unspecified atom stereocenters. The number of para-hydroxylation sites is 1. The van der Waals surface area contributed by atoms with E-state index in [1.807, 2.05) is 48.5 Å². The number of carboxylic acids is 1. The zero-order chi connectivity index (χ0) is 26.5. The van der Waals surface area contributed by atoms with E-state index in [4.69, 9.17) is 4.74 Å². The molecule has 4 aromatic rings. The van der Waals surface area contributed by atoms with Gasteiger partial charge in [0.15, 0.2) is 5.28 Å². The Morgan fingerprint density at radius 2 is 1.35 bits per heavy atom. The minimum atomic E-state index is -4.99. The molecule has 8 heteroatoms. The first kappa shape index (κ1) is 26.3. The summed E-state index contributed by atoms with van der Waals surface area (Å²) in [6.07, 6.45) is 0.00293. The van der Waals surface area contributed by atoms with Gasteiger partial charge in [0.25, 0.3) is 0 Å². The first-order valence-electron chi connectivity index (χ1n) is 11.7. The second-order valence-corrected chi connectivity index (χ2v) is 10.4. The average molecular weight is 518 g/mol. The molecule has 0 amide bonds. The fraction of sp³-hybridized carbons (Fsp3) is 0.138. The molecule has 0 saturated heterocycles. The molecule has 0 spiro atoms. The highest BCUT2D eigenvalue weighted by molar-refractivity contribution is 7.53.